The fourth-order valence-electron chi connectivity index (χ4n) is 3.35. The highest BCUT2D eigenvalue weighted by Crippen LogP contribution is 2.35. The molecule has 1 saturated heterocycles. The van der Waals surface area contributed by atoms with Gasteiger partial charge in [0.1, 0.15) is 28.9 Å². The van der Waals surface area contributed by atoms with Crippen LogP contribution in [-0.2, 0) is 10.0 Å². The number of nitrogens with zero attached hydrogens (tertiary/aromatic N) is 2. The first kappa shape index (κ1) is 22.1. The molecular formula is C20H21F2N3O6S. The van der Waals surface area contributed by atoms with Crippen LogP contribution in [-0.4, -0.2) is 69.8 Å². The topological polar surface area (TPSA) is 97.4 Å². The Bertz CT molecular complexity index is 1110. The molecule has 4 rings (SSSR count). The molecule has 9 nitrogen and oxygen atoms in total. The average Bonchev–Trinajstić information content (AvgIpc) is 3.26. The van der Waals surface area contributed by atoms with E-state index in [1.54, 1.807) is 18.2 Å². The van der Waals surface area contributed by atoms with Crippen LogP contribution in [0.5, 0.6) is 17.2 Å². The smallest absolute Gasteiger partial charge is 0.317 e. The summed E-state index contributed by atoms with van der Waals surface area (Å²) in [5, 5.41) is 2.71. The number of sulfonamides is 1. The van der Waals surface area contributed by atoms with E-state index in [1.165, 1.54) is 4.90 Å². The molecule has 0 saturated carbocycles. The van der Waals surface area contributed by atoms with Gasteiger partial charge in [0.05, 0.1) is 6.54 Å². The van der Waals surface area contributed by atoms with Crippen LogP contribution in [0.3, 0.4) is 0 Å². The van der Waals surface area contributed by atoms with Gasteiger partial charge in [-0.25, -0.2) is 22.0 Å². The largest absolute Gasteiger partial charge is 0.492 e. The quantitative estimate of drug-likeness (QED) is 0.648. The number of carbonyl (C=O) groups is 1. The number of urea groups is 1. The summed E-state index contributed by atoms with van der Waals surface area (Å²) in [5.41, 5.74) is 0. The Kier molecular flexibility index (Phi) is 6.33. The van der Waals surface area contributed by atoms with Crippen molar-refractivity contribution in [2.45, 2.75) is 4.90 Å². The van der Waals surface area contributed by atoms with Crippen molar-refractivity contribution in [2.24, 2.45) is 0 Å². The second-order valence-corrected chi connectivity index (χ2v) is 8.97. The van der Waals surface area contributed by atoms with Gasteiger partial charge in [-0.2, -0.15) is 4.31 Å². The minimum atomic E-state index is -4.20. The molecule has 2 aromatic rings. The third kappa shape index (κ3) is 4.70. The predicted octanol–water partition coefficient (Wildman–Crippen LogP) is 1.79. The summed E-state index contributed by atoms with van der Waals surface area (Å²) in [4.78, 5) is 13.1. The summed E-state index contributed by atoms with van der Waals surface area (Å²) in [6.07, 6.45) is 0. The lowest BCUT2D eigenvalue weighted by Gasteiger charge is -2.34. The third-order valence-corrected chi connectivity index (χ3v) is 6.94. The van der Waals surface area contributed by atoms with Crippen molar-refractivity contribution < 1.29 is 36.2 Å². The van der Waals surface area contributed by atoms with Crippen LogP contribution in [0.4, 0.5) is 13.6 Å². The zero-order chi connectivity index (χ0) is 22.7. The van der Waals surface area contributed by atoms with E-state index in [0.717, 1.165) is 16.4 Å². The lowest BCUT2D eigenvalue weighted by atomic mass is 10.3. The van der Waals surface area contributed by atoms with E-state index >= 15 is 0 Å². The van der Waals surface area contributed by atoms with Crippen molar-refractivity contribution in [3.8, 4) is 17.2 Å². The maximum absolute atomic E-state index is 13.9. The monoisotopic (exact) mass is 469 g/mol. The number of benzene rings is 2. The number of hydrogen-bond acceptors (Lipinski definition) is 6. The number of hydrogen-bond donors (Lipinski definition) is 1. The Morgan fingerprint density at radius 3 is 2.56 bits per heavy atom. The molecule has 0 radical (unpaired) electrons. The first-order valence-electron chi connectivity index (χ1n) is 9.85. The molecule has 2 heterocycles. The number of ether oxygens (including phenoxy) is 3. The van der Waals surface area contributed by atoms with Crippen LogP contribution in [0.1, 0.15) is 0 Å². The highest BCUT2D eigenvalue weighted by atomic mass is 32.2. The van der Waals surface area contributed by atoms with E-state index in [-0.39, 0.29) is 52.2 Å². The molecule has 0 aromatic heterocycles. The van der Waals surface area contributed by atoms with E-state index in [0.29, 0.717) is 23.3 Å². The molecule has 1 fully saturated rings. The Morgan fingerprint density at radius 2 is 1.78 bits per heavy atom. The van der Waals surface area contributed by atoms with Crippen LogP contribution in [0.2, 0.25) is 0 Å². The Balaban J connectivity index is 1.23. The summed E-state index contributed by atoms with van der Waals surface area (Å²) in [5.74, 6) is -0.0451. The van der Waals surface area contributed by atoms with Gasteiger partial charge in [-0.3, -0.25) is 0 Å². The molecule has 0 spiro atoms. The first-order valence-corrected chi connectivity index (χ1v) is 11.3. The molecule has 2 aromatic carbocycles. The van der Waals surface area contributed by atoms with Crippen molar-refractivity contribution >= 4 is 16.1 Å². The normalized spacial score (nSPS) is 16.1. The fourth-order valence-corrected chi connectivity index (χ4v) is 4.85. The summed E-state index contributed by atoms with van der Waals surface area (Å²) in [6.45, 7) is 0.800. The Labute approximate surface area is 183 Å². The van der Waals surface area contributed by atoms with E-state index in [9.17, 15) is 22.0 Å². The molecule has 2 amide bonds. The third-order valence-electron chi connectivity index (χ3n) is 5.03. The Hall–Kier alpha value is -3.12. The van der Waals surface area contributed by atoms with Gasteiger partial charge in [0.15, 0.2) is 11.5 Å². The van der Waals surface area contributed by atoms with E-state index in [1.807, 2.05) is 0 Å². The maximum Gasteiger partial charge on any atom is 0.317 e. The zero-order valence-electron chi connectivity index (χ0n) is 16.9. The van der Waals surface area contributed by atoms with Crippen LogP contribution in [0, 0.1) is 11.6 Å². The molecule has 32 heavy (non-hydrogen) atoms. The lowest BCUT2D eigenvalue weighted by Crippen LogP contribution is -2.53. The van der Waals surface area contributed by atoms with Crippen LogP contribution >= 0.6 is 0 Å². The number of carbonyl (C=O) groups excluding carboxylic acids is 1. The zero-order valence-corrected chi connectivity index (χ0v) is 17.7. The minimum absolute atomic E-state index is 0.0284. The van der Waals surface area contributed by atoms with Gasteiger partial charge in [0.2, 0.25) is 16.8 Å². The van der Waals surface area contributed by atoms with Crippen molar-refractivity contribution in [3.05, 3.63) is 48.0 Å². The maximum atomic E-state index is 13.9. The first-order chi connectivity index (χ1) is 15.3. The van der Waals surface area contributed by atoms with Crippen molar-refractivity contribution in [1.29, 1.82) is 0 Å². The van der Waals surface area contributed by atoms with E-state index in [2.05, 4.69) is 5.32 Å². The molecule has 172 valence electrons. The highest BCUT2D eigenvalue weighted by Gasteiger charge is 2.32. The number of fused-ring (bicyclic) bond motifs is 1. The van der Waals surface area contributed by atoms with Crippen LogP contribution in [0.15, 0.2) is 41.3 Å². The summed E-state index contributed by atoms with van der Waals surface area (Å²) >= 11 is 0. The molecule has 0 aliphatic carbocycles. The second kappa shape index (κ2) is 9.17. The van der Waals surface area contributed by atoms with Crippen molar-refractivity contribution in [2.75, 3.05) is 46.1 Å². The van der Waals surface area contributed by atoms with Gasteiger partial charge in [-0.05, 0) is 30.3 Å². The van der Waals surface area contributed by atoms with Gasteiger partial charge < -0.3 is 24.4 Å². The van der Waals surface area contributed by atoms with Gasteiger partial charge in [-0.15, -0.1) is 0 Å². The molecule has 1 N–H and O–H groups in total. The number of halogens is 2. The number of rotatable bonds is 6. The average molecular weight is 469 g/mol. The molecule has 12 heteroatoms. The van der Waals surface area contributed by atoms with E-state index < -0.39 is 26.6 Å². The summed E-state index contributed by atoms with van der Waals surface area (Å²) in [6, 6.07) is 7.09. The Morgan fingerprint density at radius 1 is 1.03 bits per heavy atom. The van der Waals surface area contributed by atoms with Gasteiger partial charge in [0.25, 0.3) is 0 Å². The molecule has 2 aliphatic rings. The predicted molar refractivity (Wildman–Crippen MR) is 108 cm³/mol. The fraction of sp³-hybridized carbons (Fsp3) is 0.350. The molecule has 0 bridgehead atoms. The molecule has 0 unspecified atom stereocenters. The highest BCUT2D eigenvalue weighted by molar-refractivity contribution is 7.89. The van der Waals surface area contributed by atoms with Crippen LogP contribution < -0.4 is 19.5 Å². The molecule has 0 atom stereocenters. The van der Waals surface area contributed by atoms with Crippen LogP contribution in [0.25, 0.3) is 0 Å². The van der Waals surface area contributed by atoms with Crippen molar-refractivity contribution in [3.63, 3.8) is 0 Å². The van der Waals surface area contributed by atoms with Crippen molar-refractivity contribution in [1.82, 2.24) is 14.5 Å². The minimum Gasteiger partial charge on any atom is -0.492 e. The number of piperazine rings is 1. The van der Waals surface area contributed by atoms with E-state index in [4.69, 9.17) is 14.2 Å². The SMILES string of the molecule is O=C(NCCOc1ccc2c(c1)OCO2)N1CCN(S(=O)(=O)c2cc(F)ccc2F)CC1. The van der Waals surface area contributed by atoms with Gasteiger partial charge in [0, 0.05) is 32.2 Å². The summed E-state index contributed by atoms with van der Waals surface area (Å²) < 4.78 is 69.7. The standard InChI is InChI=1S/C20H21F2N3O6S/c21-14-1-3-16(22)19(11-14)32(27,28)25-8-6-24(7-9-25)20(26)23-5-10-29-15-2-4-17-18(12-15)31-13-30-17/h1-4,11-12H,5-10,13H2,(H,23,26). The lowest BCUT2D eigenvalue weighted by molar-refractivity contribution is 0.170. The second-order valence-electron chi connectivity index (χ2n) is 7.06. The van der Waals surface area contributed by atoms with Gasteiger partial charge >= 0.3 is 6.03 Å². The number of amides is 2. The number of nitrogens with one attached hydrogen (secondary N) is 1. The van der Waals surface area contributed by atoms with Gasteiger partial charge in [-0.1, -0.05) is 0 Å². The molecular weight excluding hydrogens is 448 g/mol. The molecule has 2 aliphatic heterocycles. The summed E-state index contributed by atoms with van der Waals surface area (Å²) in [7, 11) is -4.20.